The van der Waals surface area contributed by atoms with E-state index in [0.717, 1.165) is 6.07 Å². The first kappa shape index (κ1) is 11.2. The van der Waals surface area contributed by atoms with Gasteiger partial charge in [0.2, 0.25) is 0 Å². The largest absolute Gasteiger partial charge is 0.326 e. The Kier molecular flexibility index (Phi) is 2.99. The van der Waals surface area contributed by atoms with Gasteiger partial charge in [-0.1, -0.05) is 35.3 Å². The van der Waals surface area contributed by atoms with E-state index in [-0.39, 0.29) is 0 Å². The van der Waals surface area contributed by atoms with Crippen molar-refractivity contribution in [1.82, 2.24) is 4.98 Å². The van der Waals surface area contributed by atoms with Crippen molar-refractivity contribution < 1.29 is 4.39 Å². The minimum Gasteiger partial charge on any atom is -0.326 e. The summed E-state index contributed by atoms with van der Waals surface area (Å²) >= 11 is 11.8. The van der Waals surface area contributed by atoms with Crippen molar-refractivity contribution in [3.63, 3.8) is 0 Å². The number of aromatic nitrogens is 1. The lowest BCUT2D eigenvalue weighted by atomic mass is 10.1. The molecule has 0 aliphatic heterocycles. The number of H-pyrrole nitrogens is 1. The summed E-state index contributed by atoms with van der Waals surface area (Å²) in [7, 11) is 0. The van der Waals surface area contributed by atoms with Gasteiger partial charge in [0.1, 0.15) is 0 Å². The minimum absolute atomic E-state index is 0.329. The summed E-state index contributed by atoms with van der Waals surface area (Å²) in [5.74, 6) is -0.853. The maximum atomic E-state index is 13.1. The molecule has 2 rings (SSSR count). The summed E-state index contributed by atoms with van der Waals surface area (Å²) in [6, 6.07) is 6.15. The summed E-state index contributed by atoms with van der Waals surface area (Å²) in [6.07, 6.45) is 1.39. The van der Waals surface area contributed by atoms with Crippen LogP contribution in [0.1, 0.15) is 0 Å². The van der Waals surface area contributed by atoms with E-state index in [9.17, 15) is 9.18 Å². The standard InChI is InChI=1S/C11H6Cl2FNO/c12-8-3-1-2-7(10(8)13)6-4-9(14)11(16)15-5-6/h1-5H,(H,15,16). The topological polar surface area (TPSA) is 32.9 Å². The lowest BCUT2D eigenvalue weighted by Crippen LogP contribution is -2.09. The predicted molar refractivity (Wildman–Crippen MR) is 62.5 cm³/mol. The normalized spacial score (nSPS) is 10.4. The third kappa shape index (κ3) is 1.96. The molecule has 0 saturated heterocycles. The molecule has 0 aliphatic carbocycles. The lowest BCUT2D eigenvalue weighted by molar-refractivity contribution is 0.609. The van der Waals surface area contributed by atoms with E-state index in [1.54, 1.807) is 18.2 Å². The third-order valence-electron chi connectivity index (χ3n) is 2.12. The van der Waals surface area contributed by atoms with Crippen LogP contribution in [-0.4, -0.2) is 4.98 Å². The van der Waals surface area contributed by atoms with Crippen LogP contribution in [0.5, 0.6) is 0 Å². The highest BCUT2D eigenvalue weighted by Crippen LogP contribution is 2.32. The summed E-state index contributed by atoms with van der Waals surface area (Å²) in [5, 5.41) is 0.710. The van der Waals surface area contributed by atoms with Crippen LogP contribution in [0.4, 0.5) is 4.39 Å². The molecule has 1 heterocycles. The van der Waals surface area contributed by atoms with Crippen LogP contribution in [-0.2, 0) is 0 Å². The average Bonchev–Trinajstić information content (AvgIpc) is 2.26. The van der Waals surface area contributed by atoms with E-state index in [4.69, 9.17) is 23.2 Å². The fourth-order valence-corrected chi connectivity index (χ4v) is 1.75. The molecule has 2 nitrogen and oxygen atoms in total. The van der Waals surface area contributed by atoms with Crippen molar-refractivity contribution in [2.45, 2.75) is 0 Å². The highest BCUT2D eigenvalue weighted by Gasteiger charge is 2.08. The number of hydrogen-bond donors (Lipinski definition) is 1. The zero-order chi connectivity index (χ0) is 11.7. The number of benzene rings is 1. The second-order valence-corrected chi connectivity index (χ2v) is 3.95. The van der Waals surface area contributed by atoms with Crippen LogP contribution in [0, 0.1) is 5.82 Å². The predicted octanol–water partition coefficient (Wildman–Crippen LogP) is 3.49. The van der Waals surface area contributed by atoms with E-state index in [0.29, 0.717) is 21.2 Å². The third-order valence-corrected chi connectivity index (χ3v) is 2.94. The van der Waals surface area contributed by atoms with Crippen LogP contribution in [0.15, 0.2) is 35.3 Å². The van der Waals surface area contributed by atoms with Crippen molar-refractivity contribution in [3.8, 4) is 11.1 Å². The first-order valence-electron chi connectivity index (χ1n) is 4.42. The number of nitrogens with one attached hydrogen (secondary N) is 1. The van der Waals surface area contributed by atoms with Gasteiger partial charge in [-0.15, -0.1) is 0 Å². The number of rotatable bonds is 1. The summed E-state index contributed by atoms with van der Waals surface area (Å²) < 4.78 is 13.1. The van der Waals surface area contributed by atoms with E-state index in [1.165, 1.54) is 6.20 Å². The summed E-state index contributed by atoms with van der Waals surface area (Å²) in [4.78, 5) is 13.1. The maximum absolute atomic E-state index is 13.1. The highest BCUT2D eigenvalue weighted by molar-refractivity contribution is 6.43. The van der Waals surface area contributed by atoms with Crippen molar-refractivity contribution in [3.05, 3.63) is 56.7 Å². The van der Waals surface area contributed by atoms with Crippen molar-refractivity contribution >= 4 is 23.2 Å². The molecule has 0 amide bonds. The molecule has 5 heteroatoms. The second kappa shape index (κ2) is 4.28. The molecule has 0 radical (unpaired) electrons. The molecule has 0 bridgehead atoms. The Morgan fingerprint density at radius 3 is 2.69 bits per heavy atom. The average molecular weight is 258 g/mol. The van der Waals surface area contributed by atoms with E-state index in [2.05, 4.69) is 4.98 Å². The monoisotopic (exact) mass is 257 g/mol. The quantitative estimate of drug-likeness (QED) is 0.834. The fraction of sp³-hybridized carbons (Fsp3) is 0. The maximum Gasteiger partial charge on any atom is 0.283 e. The zero-order valence-electron chi connectivity index (χ0n) is 7.93. The molecule has 1 aromatic carbocycles. The molecular weight excluding hydrogens is 252 g/mol. The first-order valence-corrected chi connectivity index (χ1v) is 5.18. The number of aromatic amines is 1. The van der Waals surface area contributed by atoms with Crippen LogP contribution >= 0.6 is 23.2 Å². The van der Waals surface area contributed by atoms with Crippen molar-refractivity contribution in [2.24, 2.45) is 0 Å². The van der Waals surface area contributed by atoms with Crippen LogP contribution in [0.25, 0.3) is 11.1 Å². The Bertz CT molecular complexity index is 595. The molecule has 0 atom stereocenters. The van der Waals surface area contributed by atoms with Gasteiger partial charge in [0.05, 0.1) is 10.0 Å². The minimum atomic E-state index is -0.853. The van der Waals surface area contributed by atoms with Crippen molar-refractivity contribution in [1.29, 1.82) is 0 Å². The van der Waals surface area contributed by atoms with Gasteiger partial charge in [0.25, 0.3) is 5.56 Å². The molecule has 0 spiro atoms. The molecule has 0 unspecified atom stereocenters. The molecular formula is C11H6Cl2FNO. The van der Waals surface area contributed by atoms with E-state index >= 15 is 0 Å². The Balaban J connectivity index is 2.63. The Morgan fingerprint density at radius 1 is 1.25 bits per heavy atom. The van der Waals surface area contributed by atoms with Gasteiger partial charge in [-0.05, 0) is 12.1 Å². The molecule has 0 saturated carbocycles. The molecule has 82 valence electrons. The second-order valence-electron chi connectivity index (χ2n) is 3.17. The van der Waals surface area contributed by atoms with Gasteiger partial charge in [-0.3, -0.25) is 4.79 Å². The molecule has 2 aromatic rings. The number of hydrogen-bond acceptors (Lipinski definition) is 1. The highest BCUT2D eigenvalue weighted by atomic mass is 35.5. The summed E-state index contributed by atoms with van der Waals surface area (Å²) in [5.41, 5.74) is 0.288. The molecule has 1 aromatic heterocycles. The Hall–Kier alpha value is -1.32. The van der Waals surface area contributed by atoms with Crippen LogP contribution in [0.3, 0.4) is 0 Å². The molecule has 1 N–H and O–H groups in total. The van der Waals surface area contributed by atoms with E-state index < -0.39 is 11.4 Å². The first-order chi connectivity index (χ1) is 7.59. The molecule has 16 heavy (non-hydrogen) atoms. The molecule has 0 aliphatic rings. The number of pyridine rings is 1. The molecule has 0 fully saturated rings. The van der Waals surface area contributed by atoms with Gasteiger partial charge >= 0.3 is 0 Å². The van der Waals surface area contributed by atoms with Crippen molar-refractivity contribution in [2.75, 3.05) is 0 Å². The van der Waals surface area contributed by atoms with Crippen LogP contribution in [0.2, 0.25) is 10.0 Å². The SMILES string of the molecule is O=c1[nH]cc(-c2cccc(Cl)c2Cl)cc1F. The van der Waals surface area contributed by atoms with Gasteiger partial charge in [0, 0.05) is 17.3 Å². The van der Waals surface area contributed by atoms with Gasteiger partial charge in [-0.2, -0.15) is 0 Å². The smallest absolute Gasteiger partial charge is 0.283 e. The zero-order valence-corrected chi connectivity index (χ0v) is 9.44. The number of halogens is 3. The Labute approximate surface area is 101 Å². The van der Waals surface area contributed by atoms with Crippen LogP contribution < -0.4 is 5.56 Å². The Morgan fingerprint density at radius 2 is 2.00 bits per heavy atom. The van der Waals surface area contributed by atoms with E-state index in [1.807, 2.05) is 0 Å². The van der Waals surface area contributed by atoms with Gasteiger partial charge in [-0.25, -0.2) is 4.39 Å². The van der Waals surface area contributed by atoms with Gasteiger partial charge in [0.15, 0.2) is 5.82 Å². The summed E-state index contributed by atoms with van der Waals surface area (Å²) in [6.45, 7) is 0. The van der Waals surface area contributed by atoms with Gasteiger partial charge < -0.3 is 4.98 Å². The lowest BCUT2D eigenvalue weighted by Gasteiger charge is -2.05. The fourth-order valence-electron chi connectivity index (χ4n) is 1.34.